The van der Waals surface area contributed by atoms with Gasteiger partial charge in [0.1, 0.15) is 11.5 Å². The van der Waals surface area contributed by atoms with Gasteiger partial charge in [0, 0.05) is 10.5 Å². The Morgan fingerprint density at radius 3 is 2.12 bits per heavy atom. The average Bonchev–Trinajstić information content (AvgIpc) is 2.48. The van der Waals surface area contributed by atoms with Crippen LogP contribution in [0, 0.1) is 33.0 Å². The van der Waals surface area contributed by atoms with Crippen LogP contribution < -0.4 is 5.32 Å². The van der Waals surface area contributed by atoms with Crippen LogP contribution in [0.1, 0.15) is 11.1 Å². The fraction of sp³-hybridized carbons (Fsp3) is 0.143. The predicted octanol–water partition coefficient (Wildman–Crippen LogP) is 5.48. The monoisotopic (exact) mass is 437 g/mol. The SMILES string of the molecule is Cc1cc(F)cc(Br)c1Nc1c([N+](=O)[O-])cc([N+](=O)[O-])cc1C(F)(F)F. The maximum absolute atomic E-state index is 13.3. The molecular weight excluding hydrogens is 430 g/mol. The van der Waals surface area contributed by atoms with Gasteiger partial charge in [0.05, 0.1) is 27.2 Å². The fourth-order valence-corrected chi connectivity index (χ4v) is 2.83. The number of nitrogens with one attached hydrogen (secondary N) is 1. The van der Waals surface area contributed by atoms with Crippen LogP contribution in [-0.2, 0) is 6.18 Å². The number of nitro benzene ring substituents is 2. The van der Waals surface area contributed by atoms with Crippen LogP contribution in [0.5, 0.6) is 0 Å². The van der Waals surface area contributed by atoms with E-state index in [1.54, 1.807) is 0 Å². The Hall–Kier alpha value is -2.76. The molecular formula is C14H8BrF4N3O4. The summed E-state index contributed by atoms with van der Waals surface area (Å²) in [4.78, 5) is 19.7. The maximum atomic E-state index is 13.3. The Bertz CT molecular complexity index is 895. The molecule has 2 aromatic carbocycles. The van der Waals surface area contributed by atoms with E-state index >= 15 is 0 Å². The van der Waals surface area contributed by atoms with Gasteiger partial charge in [-0.1, -0.05) is 0 Å². The highest BCUT2D eigenvalue weighted by molar-refractivity contribution is 9.10. The van der Waals surface area contributed by atoms with E-state index in [-0.39, 0.29) is 21.8 Å². The molecule has 0 bridgehead atoms. The highest BCUT2D eigenvalue weighted by Gasteiger charge is 2.40. The summed E-state index contributed by atoms with van der Waals surface area (Å²) in [6.07, 6.45) is -5.11. The highest BCUT2D eigenvalue weighted by atomic mass is 79.9. The van der Waals surface area contributed by atoms with Crippen LogP contribution in [0.15, 0.2) is 28.7 Å². The maximum Gasteiger partial charge on any atom is 0.418 e. The molecule has 0 atom stereocenters. The van der Waals surface area contributed by atoms with Gasteiger partial charge in [0.25, 0.3) is 11.4 Å². The third-order valence-electron chi connectivity index (χ3n) is 3.32. The number of aryl methyl sites for hydroxylation is 1. The van der Waals surface area contributed by atoms with E-state index < -0.39 is 44.5 Å². The molecule has 0 aromatic heterocycles. The van der Waals surface area contributed by atoms with E-state index in [2.05, 4.69) is 21.2 Å². The minimum absolute atomic E-state index is 0.0239. The molecule has 0 amide bonds. The number of benzene rings is 2. The zero-order valence-electron chi connectivity index (χ0n) is 12.7. The molecule has 12 heteroatoms. The Balaban J connectivity index is 2.78. The van der Waals surface area contributed by atoms with E-state index in [9.17, 15) is 37.8 Å². The van der Waals surface area contributed by atoms with Gasteiger partial charge in [-0.25, -0.2) is 4.39 Å². The lowest BCUT2D eigenvalue weighted by Crippen LogP contribution is -2.12. The van der Waals surface area contributed by atoms with Gasteiger partial charge in [-0.2, -0.15) is 13.2 Å². The van der Waals surface area contributed by atoms with E-state index in [4.69, 9.17) is 0 Å². The lowest BCUT2D eigenvalue weighted by molar-refractivity contribution is -0.394. The van der Waals surface area contributed by atoms with Crippen molar-refractivity contribution in [1.82, 2.24) is 0 Å². The number of nitro groups is 2. The third kappa shape index (κ3) is 3.90. The zero-order valence-corrected chi connectivity index (χ0v) is 14.3. The smallest absolute Gasteiger partial charge is 0.348 e. The lowest BCUT2D eigenvalue weighted by Gasteiger charge is -2.17. The summed E-state index contributed by atoms with van der Waals surface area (Å²) in [7, 11) is 0. The molecule has 0 spiro atoms. The van der Waals surface area contributed by atoms with E-state index in [0.29, 0.717) is 6.07 Å². The number of nitrogens with zero attached hydrogens (tertiary/aromatic N) is 2. The number of halogens is 5. The van der Waals surface area contributed by atoms with Crippen LogP contribution in [0.2, 0.25) is 0 Å². The molecule has 0 aliphatic carbocycles. The van der Waals surface area contributed by atoms with Gasteiger partial charge in [-0.15, -0.1) is 0 Å². The molecule has 0 fully saturated rings. The van der Waals surface area contributed by atoms with Crippen molar-refractivity contribution in [3.05, 3.63) is 65.9 Å². The summed E-state index contributed by atoms with van der Waals surface area (Å²) >= 11 is 2.97. The number of hydrogen-bond acceptors (Lipinski definition) is 5. The molecule has 0 unspecified atom stereocenters. The summed E-state index contributed by atoms with van der Waals surface area (Å²) in [5, 5.41) is 24.3. The number of anilines is 2. The molecule has 0 aliphatic heterocycles. The topological polar surface area (TPSA) is 98.3 Å². The second-order valence-electron chi connectivity index (χ2n) is 5.10. The largest absolute Gasteiger partial charge is 0.418 e. The minimum atomic E-state index is -5.11. The predicted molar refractivity (Wildman–Crippen MR) is 86.9 cm³/mol. The van der Waals surface area contributed by atoms with Gasteiger partial charge >= 0.3 is 6.18 Å². The van der Waals surface area contributed by atoms with Gasteiger partial charge in [-0.05, 0) is 40.5 Å². The van der Waals surface area contributed by atoms with Crippen molar-refractivity contribution in [3.8, 4) is 0 Å². The van der Waals surface area contributed by atoms with E-state index in [1.165, 1.54) is 6.92 Å². The molecule has 138 valence electrons. The molecule has 0 radical (unpaired) electrons. The van der Waals surface area contributed by atoms with Gasteiger partial charge in [0.15, 0.2) is 0 Å². The molecule has 7 nitrogen and oxygen atoms in total. The zero-order chi connectivity index (χ0) is 19.8. The summed E-state index contributed by atoms with van der Waals surface area (Å²) < 4.78 is 53.4. The summed E-state index contributed by atoms with van der Waals surface area (Å²) in [5.41, 5.74) is -4.67. The van der Waals surface area contributed by atoms with Crippen LogP contribution in [0.25, 0.3) is 0 Å². The first kappa shape index (κ1) is 19.6. The Morgan fingerprint density at radius 1 is 1.04 bits per heavy atom. The molecule has 1 N–H and O–H groups in total. The second kappa shape index (κ2) is 6.86. The first-order chi connectivity index (χ1) is 11.9. The standard InChI is InChI=1S/C14H8BrF4N3O4/c1-6-2-7(16)3-10(15)12(6)20-13-9(14(17,18)19)4-8(21(23)24)5-11(13)22(25)26/h2-5,20H,1H3. The lowest BCUT2D eigenvalue weighted by atomic mass is 10.1. The minimum Gasteiger partial charge on any atom is -0.348 e. The summed E-state index contributed by atoms with van der Waals surface area (Å²) in [5.74, 6) is -0.672. The third-order valence-corrected chi connectivity index (χ3v) is 3.94. The van der Waals surface area contributed by atoms with Gasteiger partial charge < -0.3 is 5.32 Å². The second-order valence-corrected chi connectivity index (χ2v) is 5.96. The highest BCUT2D eigenvalue weighted by Crippen LogP contribution is 2.45. The van der Waals surface area contributed by atoms with Crippen molar-refractivity contribution in [1.29, 1.82) is 0 Å². The molecule has 2 aromatic rings. The molecule has 0 saturated heterocycles. The Morgan fingerprint density at radius 2 is 1.65 bits per heavy atom. The number of non-ortho nitro benzene ring substituents is 1. The van der Waals surface area contributed by atoms with Gasteiger partial charge in [0.2, 0.25) is 0 Å². The molecule has 0 aliphatic rings. The van der Waals surface area contributed by atoms with Gasteiger partial charge in [-0.3, -0.25) is 20.2 Å². The Labute approximate surface area is 151 Å². The van der Waals surface area contributed by atoms with Crippen LogP contribution >= 0.6 is 15.9 Å². The molecule has 2 rings (SSSR count). The fourth-order valence-electron chi connectivity index (χ4n) is 2.20. The molecule has 0 heterocycles. The normalized spacial score (nSPS) is 11.3. The number of alkyl halides is 3. The summed E-state index contributed by atoms with van der Waals surface area (Å²) in [6, 6.07) is 2.59. The van der Waals surface area contributed by atoms with Crippen LogP contribution in [0.3, 0.4) is 0 Å². The quantitative estimate of drug-likeness (QED) is 0.388. The molecule has 0 saturated carbocycles. The van der Waals surface area contributed by atoms with Crippen LogP contribution in [0.4, 0.5) is 40.3 Å². The Kier molecular flexibility index (Phi) is 5.16. The first-order valence-electron chi connectivity index (χ1n) is 6.68. The number of rotatable bonds is 4. The molecule has 26 heavy (non-hydrogen) atoms. The van der Waals surface area contributed by atoms with Crippen molar-refractivity contribution in [3.63, 3.8) is 0 Å². The summed E-state index contributed by atoms with van der Waals surface area (Å²) in [6.45, 7) is 1.38. The van der Waals surface area contributed by atoms with Crippen LogP contribution in [-0.4, -0.2) is 9.85 Å². The van der Waals surface area contributed by atoms with Crippen molar-refractivity contribution >= 4 is 38.7 Å². The van der Waals surface area contributed by atoms with Crippen molar-refractivity contribution in [2.75, 3.05) is 5.32 Å². The van der Waals surface area contributed by atoms with Crippen molar-refractivity contribution in [2.24, 2.45) is 0 Å². The average molecular weight is 438 g/mol. The van der Waals surface area contributed by atoms with Crippen molar-refractivity contribution in [2.45, 2.75) is 13.1 Å². The number of hydrogen-bond donors (Lipinski definition) is 1. The van der Waals surface area contributed by atoms with E-state index in [1.807, 2.05) is 0 Å². The van der Waals surface area contributed by atoms with Crippen molar-refractivity contribution < 1.29 is 27.4 Å². The first-order valence-corrected chi connectivity index (χ1v) is 7.47. The van der Waals surface area contributed by atoms with E-state index in [0.717, 1.165) is 12.1 Å².